The zero-order valence-electron chi connectivity index (χ0n) is 18.2. The average Bonchev–Trinajstić information content (AvgIpc) is 2.79. The number of hydrogen-bond donors (Lipinski definition) is 2. The van der Waals surface area contributed by atoms with Crippen molar-refractivity contribution in [3.05, 3.63) is 88.6 Å². The molecule has 2 aromatic carbocycles. The molecule has 1 fully saturated rings. The molecule has 1 aromatic heterocycles. The van der Waals surface area contributed by atoms with Gasteiger partial charge in [0.05, 0.1) is 16.0 Å². The normalized spacial score (nSPS) is 16.5. The molecule has 0 aliphatic carbocycles. The van der Waals surface area contributed by atoms with Gasteiger partial charge in [-0.3, -0.25) is 4.21 Å². The van der Waals surface area contributed by atoms with Gasteiger partial charge in [-0.05, 0) is 87.3 Å². The fourth-order valence-corrected chi connectivity index (χ4v) is 5.57. The topological polar surface area (TPSA) is 54.0 Å². The number of nitrogens with one attached hydrogen (secondary N) is 2. The lowest BCUT2D eigenvalue weighted by Gasteiger charge is -2.25. The van der Waals surface area contributed by atoms with Crippen molar-refractivity contribution in [3.63, 3.8) is 0 Å². The van der Waals surface area contributed by atoms with Crippen molar-refractivity contribution < 1.29 is 13.0 Å². The molecule has 2 unspecified atom stereocenters. The highest BCUT2D eigenvalue weighted by atomic mass is 32.2. The number of nitrogens with zero attached hydrogens (tertiary/aromatic N) is 1. The zero-order chi connectivity index (χ0) is 22.7. The molecule has 0 spiro atoms. The van der Waals surface area contributed by atoms with Crippen molar-refractivity contribution in [2.45, 2.75) is 42.9 Å². The van der Waals surface area contributed by atoms with Gasteiger partial charge in [0.1, 0.15) is 17.5 Å². The van der Waals surface area contributed by atoms with E-state index in [1.54, 1.807) is 18.3 Å². The molecule has 0 amide bonds. The molecule has 2 atom stereocenters. The number of anilines is 1. The zero-order valence-corrected chi connectivity index (χ0v) is 19.0. The van der Waals surface area contributed by atoms with Crippen molar-refractivity contribution in [3.8, 4) is 0 Å². The maximum Gasteiger partial charge on any atom is 0.128 e. The van der Waals surface area contributed by atoms with Crippen LogP contribution in [-0.4, -0.2) is 28.3 Å². The van der Waals surface area contributed by atoms with E-state index in [0.717, 1.165) is 55.3 Å². The summed E-state index contributed by atoms with van der Waals surface area (Å²) in [5, 5.41) is 5.91. The third-order valence-corrected chi connectivity index (χ3v) is 7.50. The number of aromatic nitrogens is 1. The van der Waals surface area contributed by atoms with Gasteiger partial charge in [0, 0.05) is 22.7 Å². The first-order chi connectivity index (χ1) is 15.4. The number of benzene rings is 2. The largest absolute Gasteiger partial charge is 0.367 e. The number of piperidine rings is 1. The number of hydrogen-bond acceptors (Lipinski definition) is 4. The van der Waals surface area contributed by atoms with Gasteiger partial charge in [-0.1, -0.05) is 17.7 Å². The molecule has 3 aromatic rings. The molecular formula is C25H27F2N3OS. The summed E-state index contributed by atoms with van der Waals surface area (Å²) >= 11 is 0. The van der Waals surface area contributed by atoms with Crippen molar-refractivity contribution in [1.82, 2.24) is 10.3 Å². The Labute approximate surface area is 189 Å². The maximum absolute atomic E-state index is 14.9. The smallest absolute Gasteiger partial charge is 0.128 e. The van der Waals surface area contributed by atoms with E-state index in [-0.39, 0.29) is 11.6 Å². The average molecular weight is 456 g/mol. The summed E-state index contributed by atoms with van der Waals surface area (Å²) in [6.45, 7) is 5.67. The van der Waals surface area contributed by atoms with E-state index in [2.05, 4.69) is 15.6 Å². The third kappa shape index (κ3) is 5.05. The summed E-state index contributed by atoms with van der Waals surface area (Å²) in [4.78, 5) is 5.06. The van der Waals surface area contributed by atoms with E-state index in [0.29, 0.717) is 16.3 Å². The van der Waals surface area contributed by atoms with Crippen molar-refractivity contribution in [2.24, 2.45) is 0 Å². The third-order valence-electron chi connectivity index (χ3n) is 5.83. The Morgan fingerprint density at radius 3 is 2.47 bits per heavy atom. The fourth-order valence-electron chi connectivity index (χ4n) is 4.00. The van der Waals surface area contributed by atoms with E-state index in [1.807, 2.05) is 32.0 Å². The number of pyridine rings is 1. The lowest BCUT2D eigenvalue weighted by Crippen LogP contribution is -2.35. The predicted molar refractivity (Wildman–Crippen MR) is 124 cm³/mol. The van der Waals surface area contributed by atoms with Gasteiger partial charge in [-0.15, -0.1) is 0 Å². The second kappa shape index (κ2) is 9.88. The summed E-state index contributed by atoms with van der Waals surface area (Å²) in [6.07, 6.45) is 3.65. The van der Waals surface area contributed by atoms with Crippen LogP contribution in [-0.2, 0) is 10.8 Å². The molecule has 4 nitrogen and oxygen atoms in total. The minimum absolute atomic E-state index is 0.0750. The van der Waals surface area contributed by atoms with Gasteiger partial charge in [0.15, 0.2) is 0 Å². The van der Waals surface area contributed by atoms with E-state index in [9.17, 15) is 13.0 Å². The van der Waals surface area contributed by atoms with Crippen LogP contribution in [0.25, 0.3) is 0 Å². The molecule has 0 bridgehead atoms. The van der Waals surface area contributed by atoms with E-state index >= 15 is 0 Å². The predicted octanol–water partition coefficient (Wildman–Crippen LogP) is 5.04. The van der Waals surface area contributed by atoms with Crippen molar-refractivity contribution in [2.75, 3.05) is 18.4 Å². The second-order valence-corrected chi connectivity index (χ2v) is 9.79. The monoisotopic (exact) mass is 455 g/mol. The van der Waals surface area contributed by atoms with Crippen LogP contribution in [0.15, 0.2) is 59.6 Å². The molecular weight excluding hydrogens is 428 g/mol. The summed E-state index contributed by atoms with van der Waals surface area (Å²) in [5.74, 6) is -0.492. The summed E-state index contributed by atoms with van der Waals surface area (Å²) < 4.78 is 42.8. The fraction of sp³-hybridized carbons (Fsp3) is 0.320. The molecule has 1 saturated heterocycles. The molecule has 2 heterocycles. The lowest BCUT2D eigenvalue weighted by atomic mass is 10.0. The first-order valence-electron chi connectivity index (χ1n) is 10.8. The quantitative estimate of drug-likeness (QED) is 0.547. The lowest BCUT2D eigenvalue weighted by molar-refractivity contribution is 0.478. The molecule has 168 valence electrons. The second-order valence-electron chi connectivity index (χ2n) is 8.25. The standard InChI is InChI=1S/C25H27F2N3OS/c1-16-3-6-20(7-4-16)32(31)25(22-13-18(26)5-8-23(22)27)21-14-24(29-15-17(21)2)30-19-9-11-28-12-10-19/h3-8,13-15,19,25,28H,9-12H2,1-2H3,(H,29,30). The van der Waals surface area contributed by atoms with Gasteiger partial charge in [-0.25, -0.2) is 13.8 Å². The van der Waals surface area contributed by atoms with Crippen LogP contribution in [0.5, 0.6) is 0 Å². The van der Waals surface area contributed by atoms with Crippen LogP contribution in [0.3, 0.4) is 0 Å². The Morgan fingerprint density at radius 2 is 1.75 bits per heavy atom. The minimum atomic E-state index is -1.65. The summed E-state index contributed by atoms with van der Waals surface area (Å²) in [7, 11) is -1.65. The van der Waals surface area contributed by atoms with E-state index in [4.69, 9.17) is 0 Å². The molecule has 1 aliphatic rings. The Bertz CT molecular complexity index is 1110. The highest BCUT2D eigenvalue weighted by Gasteiger charge is 2.28. The molecule has 4 rings (SSSR count). The van der Waals surface area contributed by atoms with Gasteiger partial charge in [0.25, 0.3) is 0 Å². The number of rotatable bonds is 6. The highest BCUT2D eigenvalue weighted by Crippen LogP contribution is 2.36. The summed E-state index contributed by atoms with van der Waals surface area (Å²) in [5.41, 5.74) is 2.55. The van der Waals surface area contributed by atoms with E-state index in [1.165, 1.54) is 0 Å². The minimum Gasteiger partial charge on any atom is -0.367 e. The Morgan fingerprint density at radius 1 is 1.03 bits per heavy atom. The molecule has 0 radical (unpaired) electrons. The molecule has 7 heteroatoms. The Hall–Kier alpha value is -2.64. The number of halogens is 2. The SMILES string of the molecule is Cc1ccc(S(=O)C(c2cc(NC3CCNCC3)ncc2C)c2cc(F)ccc2F)cc1. The van der Waals surface area contributed by atoms with Crippen molar-refractivity contribution in [1.29, 1.82) is 0 Å². The molecule has 1 aliphatic heterocycles. The van der Waals surface area contributed by atoms with Crippen LogP contribution in [0.1, 0.15) is 40.3 Å². The first kappa shape index (κ1) is 22.6. The molecule has 0 saturated carbocycles. The van der Waals surface area contributed by atoms with Gasteiger partial charge in [0.2, 0.25) is 0 Å². The Kier molecular flexibility index (Phi) is 6.96. The van der Waals surface area contributed by atoms with Crippen LogP contribution >= 0.6 is 0 Å². The molecule has 32 heavy (non-hydrogen) atoms. The van der Waals surface area contributed by atoms with Gasteiger partial charge in [-0.2, -0.15) is 0 Å². The van der Waals surface area contributed by atoms with Gasteiger partial charge < -0.3 is 10.6 Å². The van der Waals surface area contributed by atoms with Crippen LogP contribution in [0.4, 0.5) is 14.6 Å². The highest BCUT2D eigenvalue weighted by molar-refractivity contribution is 7.85. The number of aryl methyl sites for hydroxylation is 2. The van der Waals surface area contributed by atoms with Crippen molar-refractivity contribution >= 4 is 16.6 Å². The van der Waals surface area contributed by atoms with Crippen LogP contribution < -0.4 is 10.6 Å². The maximum atomic E-state index is 14.9. The first-order valence-corrected chi connectivity index (χ1v) is 12.0. The Balaban J connectivity index is 1.78. The molecule has 2 N–H and O–H groups in total. The van der Waals surface area contributed by atoms with E-state index < -0.39 is 27.7 Å². The van der Waals surface area contributed by atoms with Crippen LogP contribution in [0, 0.1) is 25.5 Å². The van der Waals surface area contributed by atoms with Gasteiger partial charge >= 0.3 is 0 Å². The summed E-state index contributed by atoms with van der Waals surface area (Å²) in [6, 6.07) is 12.7. The van der Waals surface area contributed by atoms with Crippen LogP contribution in [0.2, 0.25) is 0 Å².